The van der Waals surface area contributed by atoms with E-state index >= 15 is 0 Å². The summed E-state index contributed by atoms with van der Waals surface area (Å²) in [5, 5.41) is 6.57. The van der Waals surface area contributed by atoms with Crippen LogP contribution in [0.1, 0.15) is 38.3 Å². The van der Waals surface area contributed by atoms with Crippen LogP contribution in [-0.4, -0.2) is 18.5 Å². The first-order chi connectivity index (χ1) is 11.6. The van der Waals surface area contributed by atoms with Gasteiger partial charge in [0.1, 0.15) is 0 Å². The lowest BCUT2D eigenvalue weighted by atomic mass is 9.92. The fraction of sp³-hybridized carbons (Fsp3) is 0.381. The van der Waals surface area contributed by atoms with E-state index in [1.165, 1.54) is 11.1 Å². The van der Waals surface area contributed by atoms with Crippen molar-refractivity contribution in [3.63, 3.8) is 0 Å². The Labute approximate surface area is 156 Å². The number of rotatable bonds is 4. The maximum atomic E-state index is 12.5. The Kier molecular flexibility index (Phi) is 7.03. The molecule has 3 atom stereocenters. The maximum absolute atomic E-state index is 12.5. The van der Waals surface area contributed by atoms with E-state index in [1.54, 1.807) is 0 Å². The molecule has 1 aliphatic rings. The summed E-state index contributed by atoms with van der Waals surface area (Å²) < 4.78 is 0. The maximum Gasteiger partial charge on any atom is 0.223 e. The molecule has 1 amide bonds. The summed E-state index contributed by atoms with van der Waals surface area (Å²) in [7, 11) is 0. The van der Waals surface area contributed by atoms with E-state index in [0.717, 1.165) is 24.9 Å². The first kappa shape index (κ1) is 19.5. The Morgan fingerprint density at radius 1 is 1.08 bits per heavy atom. The van der Waals surface area contributed by atoms with Gasteiger partial charge in [0.15, 0.2) is 0 Å². The zero-order valence-corrected chi connectivity index (χ0v) is 15.7. The van der Waals surface area contributed by atoms with Crippen LogP contribution in [0.3, 0.4) is 0 Å². The Balaban J connectivity index is 0.00000225. The van der Waals surface area contributed by atoms with Crippen LogP contribution in [0, 0.1) is 5.92 Å². The van der Waals surface area contributed by atoms with Gasteiger partial charge in [-0.15, -0.1) is 12.4 Å². The molecule has 1 heterocycles. The number of benzene rings is 2. The monoisotopic (exact) mass is 358 g/mol. The van der Waals surface area contributed by atoms with E-state index in [-0.39, 0.29) is 30.3 Å². The second kappa shape index (κ2) is 9.02. The summed E-state index contributed by atoms with van der Waals surface area (Å²) in [6, 6.07) is 19.3. The molecule has 4 heteroatoms. The molecule has 0 aliphatic carbocycles. The summed E-state index contributed by atoms with van der Waals surface area (Å²) in [4.78, 5) is 12.5. The second-order valence-corrected chi connectivity index (χ2v) is 6.79. The quantitative estimate of drug-likeness (QED) is 0.853. The fourth-order valence-corrected chi connectivity index (χ4v) is 3.38. The number of carbonyl (C=O) groups is 1. The van der Waals surface area contributed by atoms with Gasteiger partial charge in [0.25, 0.3) is 0 Å². The largest absolute Gasteiger partial charge is 0.349 e. The number of hydrogen-bond donors (Lipinski definition) is 2. The molecule has 3 rings (SSSR count). The molecule has 134 valence electrons. The Bertz CT molecular complexity index is 672. The van der Waals surface area contributed by atoms with E-state index < -0.39 is 0 Å². The summed E-state index contributed by atoms with van der Waals surface area (Å²) in [6.45, 7) is 5.13. The predicted molar refractivity (Wildman–Crippen MR) is 106 cm³/mol. The molecule has 2 N–H and O–H groups in total. The Morgan fingerprint density at radius 3 is 2.36 bits per heavy atom. The lowest BCUT2D eigenvalue weighted by Gasteiger charge is -2.28. The van der Waals surface area contributed by atoms with Crippen molar-refractivity contribution in [3.05, 3.63) is 60.2 Å². The van der Waals surface area contributed by atoms with Gasteiger partial charge in [-0.1, -0.05) is 54.6 Å². The van der Waals surface area contributed by atoms with E-state index in [2.05, 4.69) is 60.9 Å². The fourth-order valence-electron chi connectivity index (χ4n) is 3.38. The van der Waals surface area contributed by atoms with Crippen LogP contribution in [0.2, 0.25) is 0 Å². The molecule has 0 bridgehead atoms. The molecule has 2 aromatic carbocycles. The standard InChI is InChI=1S/C21H26N2O.ClH/c1-15-14-20(12-13-22-15)21(24)23-16(2)17-8-10-19(11-9-17)18-6-4-3-5-7-18;/h3-11,15-16,20,22H,12-14H2,1-2H3,(H,23,24);1H/t15-,16?,20-;/m0./s1. The first-order valence-electron chi connectivity index (χ1n) is 8.82. The molecule has 3 nitrogen and oxygen atoms in total. The number of halogens is 1. The lowest BCUT2D eigenvalue weighted by molar-refractivity contribution is -0.126. The highest BCUT2D eigenvalue weighted by Gasteiger charge is 2.25. The average Bonchev–Trinajstić information content (AvgIpc) is 2.62. The molecule has 0 spiro atoms. The Hall–Kier alpha value is -1.84. The van der Waals surface area contributed by atoms with E-state index in [4.69, 9.17) is 0 Å². The van der Waals surface area contributed by atoms with Crippen molar-refractivity contribution in [1.82, 2.24) is 10.6 Å². The minimum atomic E-state index is 0. The van der Waals surface area contributed by atoms with Gasteiger partial charge in [0.2, 0.25) is 5.91 Å². The molecule has 1 aliphatic heterocycles. The minimum absolute atomic E-state index is 0. The highest BCUT2D eigenvalue weighted by atomic mass is 35.5. The van der Waals surface area contributed by atoms with Crippen LogP contribution in [-0.2, 0) is 4.79 Å². The second-order valence-electron chi connectivity index (χ2n) is 6.79. The van der Waals surface area contributed by atoms with Crippen LogP contribution >= 0.6 is 12.4 Å². The zero-order valence-electron chi connectivity index (χ0n) is 14.9. The topological polar surface area (TPSA) is 41.1 Å². The van der Waals surface area contributed by atoms with Gasteiger partial charge in [-0.2, -0.15) is 0 Å². The van der Waals surface area contributed by atoms with E-state index in [1.807, 2.05) is 18.2 Å². The third-order valence-electron chi connectivity index (χ3n) is 4.87. The molecular formula is C21H27ClN2O. The Morgan fingerprint density at radius 2 is 1.72 bits per heavy atom. The summed E-state index contributed by atoms with van der Waals surface area (Å²) >= 11 is 0. The zero-order chi connectivity index (χ0) is 16.9. The molecule has 1 fully saturated rings. The highest BCUT2D eigenvalue weighted by Crippen LogP contribution is 2.23. The van der Waals surface area contributed by atoms with Gasteiger partial charge < -0.3 is 10.6 Å². The van der Waals surface area contributed by atoms with Crippen molar-refractivity contribution in [2.24, 2.45) is 5.92 Å². The molecule has 1 unspecified atom stereocenters. The molecule has 0 aromatic heterocycles. The number of piperidine rings is 1. The van der Waals surface area contributed by atoms with Crippen LogP contribution in [0.25, 0.3) is 11.1 Å². The SMILES string of the molecule is CC(NC(=O)[C@H]1CCN[C@@H](C)C1)c1ccc(-c2ccccc2)cc1.Cl. The summed E-state index contributed by atoms with van der Waals surface area (Å²) in [5.74, 6) is 0.315. The molecule has 2 aromatic rings. The predicted octanol–water partition coefficient (Wildman–Crippen LogP) is 4.34. The van der Waals surface area contributed by atoms with Crippen LogP contribution in [0.15, 0.2) is 54.6 Å². The van der Waals surface area contributed by atoms with Crippen molar-refractivity contribution in [2.75, 3.05) is 6.54 Å². The summed E-state index contributed by atoms with van der Waals surface area (Å²) in [6.07, 6.45) is 1.85. The van der Waals surface area contributed by atoms with Gasteiger partial charge in [-0.3, -0.25) is 4.79 Å². The lowest BCUT2D eigenvalue weighted by Crippen LogP contribution is -2.42. The average molecular weight is 359 g/mol. The van der Waals surface area contributed by atoms with Crippen molar-refractivity contribution >= 4 is 18.3 Å². The number of nitrogens with one attached hydrogen (secondary N) is 2. The smallest absolute Gasteiger partial charge is 0.223 e. The van der Waals surface area contributed by atoms with Crippen LogP contribution < -0.4 is 10.6 Å². The van der Waals surface area contributed by atoms with Gasteiger partial charge in [-0.05, 0) is 49.9 Å². The molecule has 25 heavy (non-hydrogen) atoms. The van der Waals surface area contributed by atoms with Crippen LogP contribution in [0.5, 0.6) is 0 Å². The van der Waals surface area contributed by atoms with Gasteiger partial charge in [0, 0.05) is 12.0 Å². The minimum Gasteiger partial charge on any atom is -0.349 e. The summed E-state index contributed by atoms with van der Waals surface area (Å²) in [5.41, 5.74) is 3.56. The molecule has 0 radical (unpaired) electrons. The molecular weight excluding hydrogens is 332 g/mol. The van der Waals surface area contributed by atoms with Crippen molar-refractivity contribution in [3.8, 4) is 11.1 Å². The first-order valence-corrected chi connectivity index (χ1v) is 8.82. The number of amides is 1. The van der Waals surface area contributed by atoms with Gasteiger partial charge in [-0.25, -0.2) is 0 Å². The van der Waals surface area contributed by atoms with Gasteiger partial charge >= 0.3 is 0 Å². The third kappa shape index (κ3) is 5.07. The molecule has 0 saturated carbocycles. The van der Waals surface area contributed by atoms with E-state index in [9.17, 15) is 4.79 Å². The van der Waals surface area contributed by atoms with Gasteiger partial charge in [0.05, 0.1) is 6.04 Å². The van der Waals surface area contributed by atoms with Crippen LogP contribution in [0.4, 0.5) is 0 Å². The number of hydrogen-bond acceptors (Lipinski definition) is 2. The van der Waals surface area contributed by atoms with E-state index in [0.29, 0.717) is 6.04 Å². The van der Waals surface area contributed by atoms with Crippen molar-refractivity contribution < 1.29 is 4.79 Å². The molecule has 1 saturated heterocycles. The number of carbonyl (C=O) groups excluding carboxylic acids is 1. The highest BCUT2D eigenvalue weighted by molar-refractivity contribution is 5.85. The normalized spacial score (nSPS) is 21.0. The van der Waals surface area contributed by atoms with Crippen molar-refractivity contribution in [1.29, 1.82) is 0 Å². The van der Waals surface area contributed by atoms with Crippen molar-refractivity contribution in [2.45, 2.75) is 38.8 Å². The third-order valence-corrected chi connectivity index (χ3v) is 4.87.